The van der Waals surface area contributed by atoms with Gasteiger partial charge in [0.2, 0.25) is 0 Å². The summed E-state index contributed by atoms with van der Waals surface area (Å²) in [4.78, 5) is 10.7. The largest absolute Gasteiger partial charge is 0.466 e. The lowest BCUT2D eigenvalue weighted by molar-refractivity contribution is -0.134. The predicted octanol–water partition coefficient (Wildman–Crippen LogP) is 2.09. The molecule has 1 aromatic carbocycles. The standard InChI is InChI=1S/C11H13NO2/c1-9-5-3-4-6-10(9)12-8-7-11(13)14-2/h3-8,12H,1-2H3/b8-7+. The van der Waals surface area contributed by atoms with Crippen LogP contribution in [-0.4, -0.2) is 13.1 Å². The smallest absolute Gasteiger partial charge is 0.331 e. The summed E-state index contributed by atoms with van der Waals surface area (Å²) in [5.74, 6) is -0.369. The Hall–Kier alpha value is -1.77. The number of hydrogen-bond acceptors (Lipinski definition) is 3. The van der Waals surface area contributed by atoms with Gasteiger partial charge in [-0.3, -0.25) is 0 Å². The van der Waals surface area contributed by atoms with Gasteiger partial charge >= 0.3 is 5.97 Å². The van der Waals surface area contributed by atoms with Crippen molar-refractivity contribution in [3.63, 3.8) is 0 Å². The maximum absolute atomic E-state index is 10.7. The maximum Gasteiger partial charge on any atom is 0.331 e. The van der Waals surface area contributed by atoms with Crippen LogP contribution in [0.5, 0.6) is 0 Å². The molecule has 1 N–H and O–H groups in total. The number of benzene rings is 1. The molecule has 74 valence electrons. The summed E-state index contributed by atoms with van der Waals surface area (Å²) in [6.07, 6.45) is 2.90. The highest BCUT2D eigenvalue weighted by Crippen LogP contribution is 2.12. The predicted molar refractivity (Wildman–Crippen MR) is 56.0 cm³/mol. The van der Waals surface area contributed by atoms with Crippen molar-refractivity contribution in [1.82, 2.24) is 0 Å². The Morgan fingerprint density at radius 3 is 2.79 bits per heavy atom. The fraction of sp³-hybridized carbons (Fsp3) is 0.182. The van der Waals surface area contributed by atoms with Crippen molar-refractivity contribution in [2.75, 3.05) is 12.4 Å². The van der Waals surface area contributed by atoms with Crippen molar-refractivity contribution < 1.29 is 9.53 Å². The zero-order valence-corrected chi connectivity index (χ0v) is 8.28. The van der Waals surface area contributed by atoms with Gasteiger partial charge < -0.3 is 10.1 Å². The third-order valence-electron chi connectivity index (χ3n) is 1.80. The van der Waals surface area contributed by atoms with Gasteiger partial charge in [0, 0.05) is 18.0 Å². The second-order valence-corrected chi connectivity index (χ2v) is 2.82. The molecule has 3 heteroatoms. The van der Waals surface area contributed by atoms with E-state index < -0.39 is 0 Å². The van der Waals surface area contributed by atoms with Crippen molar-refractivity contribution in [2.45, 2.75) is 6.92 Å². The first kappa shape index (κ1) is 10.3. The molecule has 0 saturated carbocycles. The monoisotopic (exact) mass is 191 g/mol. The quantitative estimate of drug-likeness (QED) is 0.587. The van der Waals surface area contributed by atoms with Gasteiger partial charge in [0.15, 0.2) is 0 Å². The van der Waals surface area contributed by atoms with E-state index in [-0.39, 0.29) is 5.97 Å². The topological polar surface area (TPSA) is 38.3 Å². The summed E-state index contributed by atoms with van der Waals surface area (Å²) in [6, 6.07) is 7.83. The van der Waals surface area contributed by atoms with Gasteiger partial charge in [-0.2, -0.15) is 0 Å². The molecule has 0 radical (unpaired) electrons. The lowest BCUT2D eigenvalue weighted by Crippen LogP contribution is -1.97. The molecule has 0 saturated heterocycles. The van der Waals surface area contributed by atoms with Crippen molar-refractivity contribution in [1.29, 1.82) is 0 Å². The van der Waals surface area contributed by atoms with Gasteiger partial charge in [0.25, 0.3) is 0 Å². The fourth-order valence-electron chi connectivity index (χ4n) is 1.00. The van der Waals surface area contributed by atoms with Crippen molar-refractivity contribution >= 4 is 11.7 Å². The zero-order chi connectivity index (χ0) is 10.4. The Bertz CT molecular complexity index is 345. The van der Waals surface area contributed by atoms with Gasteiger partial charge in [-0.15, -0.1) is 0 Å². The fourth-order valence-corrected chi connectivity index (χ4v) is 1.00. The minimum absolute atomic E-state index is 0.369. The third kappa shape index (κ3) is 2.94. The first-order valence-electron chi connectivity index (χ1n) is 4.30. The number of hydrogen-bond donors (Lipinski definition) is 1. The number of nitrogens with one attached hydrogen (secondary N) is 1. The van der Waals surface area contributed by atoms with Crippen LogP contribution < -0.4 is 5.32 Å². The van der Waals surface area contributed by atoms with Crippen molar-refractivity contribution in [3.05, 3.63) is 42.1 Å². The number of carbonyl (C=O) groups is 1. The summed E-state index contributed by atoms with van der Waals surface area (Å²) in [6.45, 7) is 1.99. The van der Waals surface area contributed by atoms with Gasteiger partial charge in [0.1, 0.15) is 0 Å². The molecule has 3 nitrogen and oxygen atoms in total. The molecule has 0 bridgehead atoms. The second kappa shape index (κ2) is 5.07. The molecule has 0 aromatic heterocycles. The van der Waals surface area contributed by atoms with Crippen LogP contribution in [0.15, 0.2) is 36.5 Å². The lowest BCUT2D eigenvalue weighted by atomic mass is 10.2. The lowest BCUT2D eigenvalue weighted by Gasteiger charge is -2.03. The Labute approximate surface area is 83.4 Å². The average molecular weight is 191 g/mol. The van der Waals surface area contributed by atoms with Crippen LogP contribution in [0.4, 0.5) is 5.69 Å². The highest BCUT2D eigenvalue weighted by atomic mass is 16.5. The maximum atomic E-state index is 10.7. The summed E-state index contributed by atoms with van der Waals surface area (Å²) < 4.78 is 4.45. The molecule has 14 heavy (non-hydrogen) atoms. The minimum atomic E-state index is -0.369. The van der Waals surface area contributed by atoms with Crippen LogP contribution in [0.1, 0.15) is 5.56 Å². The van der Waals surface area contributed by atoms with E-state index in [9.17, 15) is 4.79 Å². The van der Waals surface area contributed by atoms with E-state index in [0.29, 0.717) is 0 Å². The average Bonchev–Trinajstić information content (AvgIpc) is 2.20. The number of para-hydroxylation sites is 1. The van der Waals surface area contributed by atoms with Gasteiger partial charge in [-0.1, -0.05) is 18.2 Å². The summed E-state index contributed by atoms with van der Waals surface area (Å²) in [7, 11) is 1.35. The van der Waals surface area contributed by atoms with Crippen LogP contribution >= 0.6 is 0 Å². The normalized spacial score (nSPS) is 10.1. The zero-order valence-electron chi connectivity index (χ0n) is 8.28. The highest BCUT2D eigenvalue weighted by molar-refractivity contribution is 5.82. The third-order valence-corrected chi connectivity index (χ3v) is 1.80. The Kier molecular flexibility index (Phi) is 3.73. The van der Waals surface area contributed by atoms with E-state index >= 15 is 0 Å². The van der Waals surface area contributed by atoms with E-state index in [1.807, 2.05) is 31.2 Å². The summed E-state index contributed by atoms with van der Waals surface area (Å²) in [5, 5.41) is 3.00. The molecule has 0 aliphatic carbocycles. The SMILES string of the molecule is COC(=O)/C=C/Nc1ccccc1C. The van der Waals surface area contributed by atoms with E-state index in [1.165, 1.54) is 13.2 Å². The van der Waals surface area contributed by atoms with Gasteiger partial charge in [-0.05, 0) is 18.6 Å². The molecule has 1 rings (SSSR count). The second-order valence-electron chi connectivity index (χ2n) is 2.82. The Morgan fingerprint density at radius 1 is 1.43 bits per heavy atom. The number of rotatable bonds is 3. The van der Waals surface area contributed by atoms with E-state index in [0.717, 1.165) is 11.3 Å². The summed E-state index contributed by atoms with van der Waals surface area (Å²) >= 11 is 0. The van der Waals surface area contributed by atoms with Crippen molar-refractivity contribution in [3.8, 4) is 0 Å². The van der Waals surface area contributed by atoms with Crippen LogP contribution in [0, 0.1) is 6.92 Å². The molecule has 0 atom stereocenters. The highest BCUT2D eigenvalue weighted by Gasteiger charge is 1.93. The van der Waals surface area contributed by atoms with E-state index in [4.69, 9.17) is 0 Å². The minimum Gasteiger partial charge on any atom is -0.466 e. The molecule has 0 amide bonds. The molecule has 0 fully saturated rings. The van der Waals surface area contributed by atoms with Crippen LogP contribution in [0.2, 0.25) is 0 Å². The van der Waals surface area contributed by atoms with Crippen LogP contribution in [0.25, 0.3) is 0 Å². The molecular formula is C11H13NO2. The van der Waals surface area contributed by atoms with E-state index in [2.05, 4.69) is 10.1 Å². The number of anilines is 1. The molecule has 0 heterocycles. The Morgan fingerprint density at radius 2 is 2.14 bits per heavy atom. The first-order valence-corrected chi connectivity index (χ1v) is 4.30. The number of ether oxygens (including phenoxy) is 1. The van der Waals surface area contributed by atoms with Gasteiger partial charge in [0.05, 0.1) is 7.11 Å². The molecule has 0 unspecified atom stereocenters. The number of esters is 1. The molecule has 1 aromatic rings. The van der Waals surface area contributed by atoms with Crippen LogP contribution in [0.3, 0.4) is 0 Å². The summed E-state index contributed by atoms with van der Waals surface area (Å²) in [5.41, 5.74) is 2.11. The molecule has 0 spiro atoms. The molecule has 0 aliphatic heterocycles. The molecular weight excluding hydrogens is 178 g/mol. The number of methoxy groups -OCH3 is 1. The van der Waals surface area contributed by atoms with Gasteiger partial charge in [-0.25, -0.2) is 4.79 Å². The Balaban J connectivity index is 2.58. The van der Waals surface area contributed by atoms with Crippen LogP contribution in [-0.2, 0) is 9.53 Å². The van der Waals surface area contributed by atoms with E-state index in [1.54, 1.807) is 6.20 Å². The first-order chi connectivity index (χ1) is 6.74. The molecule has 0 aliphatic rings. The van der Waals surface area contributed by atoms with Crippen molar-refractivity contribution in [2.24, 2.45) is 0 Å². The number of aryl methyl sites for hydroxylation is 1. The number of carbonyl (C=O) groups excluding carboxylic acids is 1.